The molecule has 1 saturated carbocycles. The Morgan fingerprint density at radius 3 is 2.39 bits per heavy atom. The zero-order chi connectivity index (χ0) is 24.3. The number of hydrogen-bond acceptors (Lipinski definition) is 7. The van der Waals surface area contributed by atoms with Crippen LogP contribution in [0.15, 0.2) is 21.9 Å². The molecule has 10 N–H and O–H groups in total. The average Bonchev–Trinajstić information content (AvgIpc) is 3.13. The number of hydrogen-bond donors (Lipinski definition) is 7. The van der Waals surface area contributed by atoms with E-state index in [-0.39, 0.29) is 29.4 Å². The maximum absolute atomic E-state index is 11.3. The molecule has 0 aliphatic heterocycles. The molecule has 0 aromatic carbocycles. The monoisotopic (exact) mass is 507 g/mol. The van der Waals surface area contributed by atoms with Crippen LogP contribution in [0.5, 0.6) is 0 Å². The van der Waals surface area contributed by atoms with Gasteiger partial charge >= 0.3 is 11.9 Å². The number of nitrogens with two attached hydrogens (primary N) is 1. The van der Waals surface area contributed by atoms with Crippen LogP contribution >= 0.6 is 11.3 Å². The van der Waals surface area contributed by atoms with Crippen molar-refractivity contribution in [3.05, 3.63) is 23.2 Å². The molecule has 0 radical (unpaired) electrons. The first-order chi connectivity index (χ1) is 14.9. The number of carbonyl (C=O) groups is 2. The van der Waals surface area contributed by atoms with Crippen molar-refractivity contribution in [2.24, 2.45) is 10.1 Å². The summed E-state index contributed by atoms with van der Waals surface area (Å²) in [4.78, 5) is 23.6. The fourth-order valence-corrected chi connectivity index (χ4v) is 4.16. The van der Waals surface area contributed by atoms with Gasteiger partial charge in [-0.1, -0.05) is 6.42 Å². The van der Waals surface area contributed by atoms with Gasteiger partial charge in [0.25, 0.3) is 10.0 Å². The number of carboxylic acid groups (broad SMARTS) is 2. The van der Waals surface area contributed by atoms with Gasteiger partial charge in [-0.05, 0) is 19.3 Å². The Morgan fingerprint density at radius 1 is 1.30 bits per heavy atom. The highest BCUT2D eigenvalue weighted by Gasteiger charge is 2.26. The number of rotatable bonds is 6. The van der Waals surface area contributed by atoms with E-state index in [1.807, 2.05) is 5.38 Å². The van der Waals surface area contributed by atoms with Gasteiger partial charge in [0.1, 0.15) is 0 Å². The third kappa shape index (κ3) is 13.0. The third-order valence-electron chi connectivity index (χ3n) is 4.06. The first-order valence-corrected chi connectivity index (χ1v) is 12.1. The van der Waals surface area contributed by atoms with Crippen LogP contribution in [0.3, 0.4) is 0 Å². The number of anilines is 1. The summed E-state index contributed by atoms with van der Waals surface area (Å²) in [6, 6.07) is 0.127. The summed E-state index contributed by atoms with van der Waals surface area (Å²) >= 11 is 1.42. The van der Waals surface area contributed by atoms with Crippen LogP contribution in [-0.4, -0.2) is 72.3 Å². The van der Waals surface area contributed by atoms with Gasteiger partial charge in [0.05, 0.1) is 11.9 Å². The topological polar surface area (TPSA) is 251 Å². The number of carboxylic acids is 2. The maximum Gasteiger partial charge on any atom is 0.328 e. The Morgan fingerprint density at radius 2 is 1.91 bits per heavy atom. The third-order valence-corrected chi connectivity index (χ3v) is 5.35. The Bertz CT molecular complexity index is 960. The van der Waals surface area contributed by atoms with Gasteiger partial charge in [-0.3, -0.25) is 5.41 Å². The number of nitrogens with one attached hydrogen (secondary N) is 4. The Kier molecular flexibility index (Phi) is 12.6. The average molecular weight is 508 g/mol. The molecule has 0 saturated heterocycles. The smallest absolute Gasteiger partial charge is 0.328 e. The Balaban J connectivity index is 0.000000978. The van der Waals surface area contributed by atoms with E-state index in [0.29, 0.717) is 17.3 Å². The van der Waals surface area contributed by atoms with Crippen molar-refractivity contribution in [1.29, 1.82) is 5.41 Å². The number of sulfonamides is 1. The van der Waals surface area contributed by atoms with Crippen molar-refractivity contribution in [1.82, 2.24) is 15.6 Å². The lowest BCUT2D eigenvalue weighted by Crippen LogP contribution is -2.44. The fourth-order valence-electron chi connectivity index (χ4n) is 2.88. The molecule has 1 aromatic heterocycles. The van der Waals surface area contributed by atoms with Crippen molar-refractivity contribution in [3.8, 4) is 0 Å². The SMILES string of the molecule is CN/C(=N/S(C)(=O)=O)NC1CCCC(c2csc(NC(=N)N)n2)C1.O.O=C(O)/C=C\C(=O)O. The number of aromatic nitrogens is 1. The van der Waals surface area contributed by atoms with E-state index in [4.69, 9.17) is 21.4 Å². The summed E-state index contributed by atoms with van der Waals surface area (Å²) < 4.78 is 26.3. The van der Waals surface area contributed by atoms with Gasteiger partial charge < -0.3 is 37.4 Å². The van der Waals surface area contributed by atoms with Crippen LogP contribution < -0.4 is 21.7 Å². The number of nitrogens with zero attached hydrogens (tertiary/aromatic N) is 2. The van der Waals surface area contributed by atoms with E-state index in [1.54, 1.807) is 7.05 Å². The van der Waals surface area contributed by atoms with Crippen LogP contribution in [0.2, 0.25) is 0 Å². The van der Waals surface area contributed by atoms with Gasteiger partial charge in [0.15, 0.2) is 11.1 Å². The highest BCUT2D eigenvalue weighted by Crippen LogP contribution is 2.34. The summed E-state index contributed by atoms with van der Waals surface area (Å²) in [5.41, 5.74) is 6.29. The molecule has 1 aliphatic carbocycles. The first kappa shape index (κ1) is 29.8. The molecule has 2 unspecified atom stereocenters. The van der Waals surface area contributed by atoms with E-state index in [1.165, 1.54) is 11.3 Å². The molecule has 1 aromatic rings. The van der Waals surface area contributed by atoms with Crippen LogP contribution in [0, 0.1) is 5.41 Å². The minimum absolute atomic E-state index is 0. The van der Waals surface area contributed by atoms with E-state index < -0.39 is 22.0 Å². The van der Waals surface area contributed by atoms with Gasteiger partial charge in [0.2, 0.25) is 5.96 Å². The highest BCUT2D eigenvalue weighted by molar-refractivity contribution is 7.89. The van der Waals surface area contributed by atoms with Gasteiger partial charge in [0, 0.05) is 36.5 Å². The quantitative estimate of drug-likeness (QED) is 0.146. The second kappa shape index (κ2) is 14.0. The molecule has 0 spiro atoms. The fraction of sp³-hybridized carbons (Fsp3) is 0.471. The minimum Gasteiger partial charge on any atom is -0.478 e. The van der Waals surface area contributed by atoms with Gasteiger partial charge in [-0.15, -0.1) is 15.7 Å². The molecular formula is C17H29N7O7S2. The lowest BCUT2D eigenvalue weighted by Gasteiger charge is -2.29. The number of aliphatic carboxylic acids is 2. The Hall–Kier alpha value is -3.24. The zero-order valence-corrected chi connectivity index (χ0v) is 19.7. The van der Waals surface area contributed by atoms with E-state index in [2.05, 4.69) is 25.3 Å². The summed E-state index contributed by atoms with van der Waals surface area (Å²) in [5, 5.41) is 34.1. The molecule has 0 bridgehead atoms. The summed E-state index contributed by atoms with van der Waals surface area (Å²) in [5.74, 6) is -2.10. The molecule has 1 heterocycles. The molecule has 33 heavy (non-hydrogen) atoms. The van der Waals surface area contributed by atoms with Gasteiger partial charge in [-0.25, -0.2) is 23.0 Å². The molecule has 2 atom stereocenters. The van der Waals surface area contributed by atoms with Crippen LogP contribution in [0.4, 0.5) is 5.13 Å². The predicted octanol–water partition coefficient (Wildman–Crippen LogP) is -0.514. The number of thiazole rings is 1. The molecule has 186 valence electrons. The van der Waals surface area contributed by atoms with Crippen LogP contribution in [-0.2, 0) is 19.6 Å². The van der Waals surface area contributed by atoms with Crippen molar-refractivity contribution in [3.63, 3.8) is 0 Å². The van der Waals surface area contributed by atoms with Crippen molar-refractivity contribution >= 4 is 50.3 Å². The molecule has 0 amide bonds. The van der Waals surface area contributed by atoms with Crippen LogP contribution in [0.1, 0.15) is 37.3 Å². The second-order valence-corrected chi connectivity index (χ2v) is 9.26. The van der Waals surface area contributed by atoms with E-state index in [0.717, 1.165) is 37.6 Å². The zero-order valence-electron chi connectivity index (χ0n) is 18.0. The Labute approximate surface area is 194 Å². The standard InChI is InChI=1S/C13H23N7O2S2.C4H4O4.H2O/c1-16-12(20-24(2,21)22)17-9-5-3-4-8(6-9)10-7-23-13(18-10)19-11(14)15;5-3(6)1-2-4(7)8;/h7-9H,3-6H2,1-2H3,(H2,16,17,20)(H4,14,15,18,19);1-2H,(H,5,6)(H,7,8);1H2/b;2-1-;. The maximum atomic E-state index is 11.3. The normalized spacial score (nSPS) is 18.3. The molecule has 1 fully saturated rings. The molecule has 16 heteroatoms. The highest BCUT2D eigenvalue weighted by atomic mass is 32.2. The molecule has 2 rings (SSSR count). The summed E-state index contributed by atoms with van der Waals surface area (Å²) in [6.45, 7) is 0. The lowest BCUT2D eigenvalue weighted by atomic mass is 9.84. The van der Waals surface area contributed by atoms with Crippen LogP contribution in [0.25, 0.3) is 0 Å². The van der Waals surface area contributed by atoms with Crippen molar-refractivity contribution in [2.45, 2.75) is 37.6 Å². The predicted molar refractivity (Wildman–Crippen MR) is 125 cm³/mol. The number of guanidine groups is 2. The summed E-state index contributed by atoms with van der Waals surface area (Å²) in [6.07, 6.45) is 6.02. The lowest BCUT2D eigenvalue weighted by molar-refractivity contribution is -0.134. The molecular weight excluding hydrogens is 478 g/mol. The second-order valence-electron chi connectivity index (χ2n) is 6.75. The van der Waals surface area contributed by atoms with Gasteiger partial charge in [-0.2, -0.15) is 0 Å². The van der Waals surface area contributed by atoms with E-state index >= 15 is 0 Å². The van der Waals surface area contributed by atoms with Crippen molar-refractivity contribution in [2.75, 3.05) is 18.6 Å². The molecule has 1 aliphatic rings. The minimum atomic E-state index is -3.45. The first-order valence-electron chi connectivity index (χ1n) is 9.34. The largest absolute Gasteiger partial charge is 0.478 e. The summed E-state index contributed by atoms with van der Waals surface area (Å²) in [7, 11) is -1.81. The van der Waals surface area contributed by atoms with Crippen molar-refractivity contribution < 1.29 is 33.7 Å². The van der Waals surface area contributed by atoms with E-state index in [9.17, 15) is 18.0 Å². The molecule has 14 nitrogen and oxygen atoms in total.